The van der Waals surface area contributed by atoms with Crippen molar-refractivity contribution < 1.29 is 52.0 Å². The molecule has 112 valence electrons. The van der Waals surface area contributed by atoms with Gasteiger partial charge < -0.3 is 20.2 Å². The molecule has 0 saturated heterocycles. The molecule has 7 heteroatoms. The summed E-state index contributed by atoms with van der Waals surface area (Å²) in [6.07, 6.45) is -0.500. The number of aliphatic hydroxyl groups excluding tert-OH is 3. The fraction of sp³-hybridized carbons (Fsp3) is 0.909. The number of rotatable bonds is 0. The van der Waals surface area contributed by atoms with Gasteiger partial charge in [0.05, 0.1) is 0 Å². The van der Waals surface area contributed by atoms with E-state index >= 15 is 0 Å². The van der Waals surface area contributed by atoms with Crippen molar-refractivity contribution in [2.45, 2.75) is 66.8 Å². The fourth-order valence-electron chi connectivity index (χ4n) is 0. The third-order valence-corrected chi connectivity index (χ3v) is 0.129. The zero-order chi connectivity index (χ0) is 15.0. The van der Waals surface area contributed by atoms with E-state index in [0.29, 0.717) is 0 Å². The average Bonchev–Trinajstić information content (AvgIpc) is 2.00. The monoisotopic (exact) mass is 304 g/mol. The van der Waals surface area contributed by atoms with Gasteiger partial charge in [-0.05, 0) is 41.5 Å². The van der Waals surface area contributed by atoms with Crippen molar-refractivity contribution in [3.8, 4) is 0 Å². The molecule has 0 amide bonds. The first-order chi connectivity index (χ1) is 7.47. The summed E-state index contributed by atoms with van der Waals surface area (Å²) < 4.78 is 0. The van der Waals surface area contributed by atoms with Crippen LogP contribution in [0.25, 0.3) is 0 Å². The average molecular weight is 304 g/mol. The number of hydrogen-bond acceptors (Lipinski definition) is 6. The first-order valence-corrected chi connectivity index (χ1v) is 5.33. The van der Waals surface area contributed by atoms with Crippen LogP contribution >= 0.6 is 0 Å². The van der Waals surface area contributed by atoms with Gasteiger partial charge in [0.1, 0.15) is 0 Å². The van der Waals surface area contributed by atoms with Gasteiger partial charge in [0.15, 0.2) is 0 Å². The molecule has 0 spiro atoms. The maximum Gasteiger partial charge on any atom is 0.339 e. The fourth-order valence-corrected chi connectivity index (χ4v) is 0. The minimum atomic E-state index is -0.690. The van der Waals surface area contributed by atoms with E-state index in [2.05, 4.69) is 4.89 Å². The Balaban J connectivity index is -0.0000000412. The molecule has 6 nitrogen and oxygen atoms in total. The van der Waals surface area contributed by atoms with Gasteiger partial charge in [0.25, 0.3) is 0 Å². The largest absolute Gasteiger partial charge is 0.394 e. The van der Waals surface area contributed by atoms with E-state index in [1.807, 2.05) is 0 Å². The Morgan fingerprint density at radius 2 is 0.889 bits per heavy atom. The predicted molar refractivity (Wildman–Crippen MR) is 66.5 cm³/mol. The summed E-state index contributed by atoms with van der Waals surface area (Å²) in [5.41, 5.74) is 0. The minimum absolute atomic E-state index is 0. The molecule has 0 radical (unpaired) electrons. The maximum atomic E-state index is 9.34. The van der Waals surface area contributed by atoms with Gasteiger partial charge in [0, 0.05) is 47.0 Å². The van der Waals surface area contributed by atoms with Gasteiger partial charge in [-0.2, -0.15) is 5.26 Å². The van der Waals surface area contributed by atoms with Crippen molar-refractivity contribution in [2.75, 3.05) is 0 Å². The van der Waals surface area contributed by atoms with Crippen LogP contribution < -0.4 is 0 Å². The van der Waals surface area contributed by atoms with E-state index in [1.165, 1.54) is 0 Å². The van der Waals surface area contributed by atoms with Crippen molar-refractivity contribution in [1.29, 1.82) is 0 Å². The van der Waals surface area contributed by atoms with Crippen LogP contribution in [0.4, 0.5) is 0 Å². The molecule has 0 aliphatic heterocycles. The van der Waals surface area contributed by atoms with Crippen molar-refractivity contribution in [2.24, 2.45) is 0 Å². The van der Waals surface area contributed by atoms with Crippen LogP contribution in [0, 0.1) is 0 Å². The summed E-state index contributed by atoms with van der Waals surface area (Å²) in [6, 6.07) is 0. The first kappa shape index (κ1) is 30.8. The molecule has 0 aliphatic rings. The molecule has 0 aliphatic carbocycles. The van der Waals surface area contributed by atoms with Gasteiger partial charge in [0.2, 0.25) is 0 Å². The Morgan fingerprint density at radius 3 is 0.889 bits per heavy atom. The summed E-state index contributed by atoms with van der Waals surface area (Å²) in [5, 5.41) is 31.5. The molecular weight excluding hydrogens is 276 g/mol. The van der Waals surface area contributed by atoms with Crippen LogP contribution in [-0.2, 0) is 31.4 Å². The molecule has 0 fully saturated rings. The van der Waals surface area contributed by atoms with E-state index < -0.39 is 5.97 Å². The first-order valence-electron chi connectivity index (χ1n) is 5.33. The standard InChI is InChI=1S/3C3H8O.C2H4O3.Ti/c3*1-3(2)4;1-2(3)5-4;/h3*3-4H,1-2H3;4H,1H3;. The molecule has 0 aromatic carbocycles. The quantitative estimate of drug-likeness (QED) is 0.304. The second kappa shape index (κ2) is 25.8. The summed E-state index contributed by atoms with van der Waals surface area (Å²) in [6.45, 7) is 11.4. The van der Waals surface area contributed by atoms with E-state index in [9.17, 15) is 4.79 Å². The van der Waals surface area contributed by atoms with Crippen molar-refractivity contribution in [3.05, 3.63) is 0 Å². The molecule has 0 aromatic heterocycles. The Labute approximate surface area is 125 Å². The van der Waals surface area contributed by atoms with E-state index in [4.69, 9.17) is 20.6 Å². The van der Waals surface area contributed by atoms with E-state index in [-0.39, 0.29) is 40.0 Å². The Hall–Kier alpha value is 0.0243. The summed E-state index contributed by atoms with van der Waals surface area (Å²) in [7, 11) is 0. The number of hydrogen-bond donors (Lipinski definition) is 4. The molecule has 0 atom stereocenters. The smallest absolute Gasteiger partial charge is 0.339 e. The van der Waals surface area contributed by atoms with Crippen LogP contribution in [0.2, 0.25) is 0 Å². The Bertz CT molecular complexity index is 117. The summed E-state index contributed by atoms with van der Waals surface area (Å²) in [4.78, 5) is 12.5. The van der Waals surface area contributed by atoms with Crippen LogP contribution in [-0.4, -0.2) is 44.9 Å². The maximum absolute atomic E-state index is 9.34. The normalized spacial score (nSPS) is 7.89. The van der Waals surface area contributed by atoms with Gasteiger partial charge in [-0.25, -0.2) is 4.79 Å². The van der Waals surface area contributed by atoms with E-state index in [0.717, 1.165) is 6.92 Å². The number of carbonyl (C=O) groups is 1. The van der Waals surface area contributed by atoms with Crippen molar-refractivity contribution in [1.82, 2.24) is 0 Å². The zero-order valence-electron chi connectivity index (χ0n) is 12.3. The molecule has 0 heterocycles. The third kappa shape index (κ3) is 883. The molecule has 18 heavy (non-hydrogen) atoms. The molecule has 4 N–H and O–H groups in total. The van der Waals surface area contributed by atoms with Gasteiger partial charge >= 0.3 is 5.97 Å². The minimum Gasteiger partial charge on any atom is -0.394 e. The molecule has 0 bridgehead atoms. The number of carbonyl (C=O) groups excluding carboxylic acids is 1. The Kier molecular flexibility index (Phi) is 44.1. The summed E-state index contributed by atoms with van der Waals surface area (Å²) in [5.74, 6) is -0.690. The van der Waals surface area contributed by atoms with Crippen molar-refractivity contribution in [3.63, 3.8) is 0 Å². The van der Waals surface area contributed by atoms with Crippen LogP contribution in [0.5, 0.6) is 0 Å². The van der Waals surface area contributed by atoms with Crippen LogP contribution in [0.3, 0.4) is 0 Å². The SMILES string of the molecule is CC(=O)OO.CC(C)O.CC(C)O.CC(C)O.[Ti]. The van der Waals surface area contributed by atoms with Gasteiger partial charge in [-0.3, -0.25) is 0 Å². The van der Waals surface area contributed by atoms with Crippen molar-refractivity contribution >= 4 is 5.97 Å². The van der Waals surface area contributed by atoms with Crippen LogP contribution in [0.15, 0.2) is 0 Å². The third-order valence-electron chi connectivity index (χ3n) is 0.129. The van der Waals surface area contributed by atoms with Gasteiger partial charge in [-0.1, -0.05) is 0 Å². The molecule has 0 rings (SSSR count). The topological polar surface area (TPSA) is 107 Å². The predicted octanol–water partition coefficient (Wildman–Crippen LogP) is 1.18. The zero-order valence-corrected chi connectivity index (χ0v) is 13.9. The number of aliphatic hydroxyl groups is 3. The molecule has 0 aromatic rings. The second-order valence-electron chi connectivity index (χ2n) is 3.86. The summed E-state index contributed by atoms with van der Waals surface area (Å²) >= 11 is 0. The Morgan fingerprint density at radius 1 is 0.833 bits per heavy atom. The van der Waals surface area contributed by atoms with Crippen LogP contribution in [0.1, 0.15) is 48.5 Å². The van der Waals surface area contributed by atoms with Gasteiger partial charge in [-0.15, -0.1) is 0 Å². The molecular formula is C11H28O6Ti. The molecule has 0 unspecified atom stereocenters. The second-order valence-corrected chi connectivity index (χ2v) is 3.86. The molecule has 0 saturated carbocycles. The van der Waals surface area contributed by atoms with E-state index in [1.54, 1.807) is 41.5 Å².